The van der Waals surface area contributed by atoms with Gasteiger partial charge in [-0.05, 0) is 27.2 Å². The van der Waals surface area contributed by atoms with E-state index in [1.807, 2.05) is 18.7 Å². The van der Waals surface area contributed by atoms with Crippen LogP contribution in [0.3, 0.4) is 0 Å². The lowest BCUT2D eigenvalue weighted by Gasteiger charge is -2.43. The number of rotatable bonds is 3. The minimum absolute atomic E-state index is 0.110. The van der Waals surface area contributed by atoms with Crippen LogP contribution in [0.5, 0.6) is 0 Å². The predicted octanol–water partition coefficient (Wildman–Crippen LogP) is 1.01. The predicted molar refractivity (Wildman–Crippen MR) is 64.3 cm³/mol. The van der Waals surface area contributed by atoms with Crippen molar-refractivity contribution >= 4 is 5.91 Å². The number of hydrogen-bond acceptors (Lipinski definition) is 3. The maximum absolute atomic E-state index is 12.5. The fourth-order valence-corrected chi connectivity index (χ4v) is 2.19. The zero-order chi connectivity index (χ0) is 12.3. The van der Waals surface area contributed by atoms with Crippen LogP contribution in [0.25, 0.3) is 0 Å². The summed E-state index contributed by atoms with van der Waals surface area (Å²) in [5.74, 6) is 0.110. The smallest absolute Gasteiger partial charge is 0.255 e. The van der Waals surface area contributed by atoms with Crippen molar-refractivity contribution in [3.05, 3.63) is 0 Å². The summed E-state index contributed by atoms with van der Waals surface area (Å²) in [7, 11) is 1.61. The Morgan fingerprint density at radius 2 is 1.94 bits per heavy atom. The highest BCUT2D eigenvalue weighted by molar-refractivity contribution is 5.85. The van der Waals surface area contributed by atoms with Gasteiger partial charge in [0, 0.05) is 32.3 Å². The molecule has 16 heavy (non-hydrogen) atoms. The molecule has 1 aliphatic rings. The molecular weight excluding hydrogens is 204 g/mol. The quantitative estimate of drug-likeness (QED) is 0.784. The van der Waals surface area contributed by atoms with Gasteiger partial charge in [-0.1, -0.05) is 6.92 Å². The van der Waals surface area contributed by atoms with Crippen molar-refractivity contribution in [2.24, 2.45) is 0 Å². The van der Waals surface area contributed by atoms with Crippen molar-refractivity contribution < 1.29 is 9.53 Å². The Balaban J connectivity index is 2.85. The average molecular weight is 228 g/mol. The first-order valence-corrected chi connectivity index (χ1v) is 6.05. The highest BCUT2D eigenvalue weighted by atomic mass is 16.5. The second kappa shape index (κ2) is 5.15. The molecule has 1 heterocycles. The van der Waals surface area contributed by atoms with Gasteiger partial charge in [0.15, 0.2) is 0 Å². The Bertz CT molecular complexity index is 241. The molecule has 1 N–H and O–H groups in total. The number of ether oxygens (including phenoxy) is 1. The summed E-state index contributed by atoms with van der Waals surface area (Å²) >= 11 is 0. The molecule has 0 spiro atoms. The Kier molecular flexibility index (Phi) is 4.33. The largest absolute Gasteiger partial charge is 0.369 e. The first-order chi connectivity index (χ1) is 7.46. The molecule has 1 amide bonds. The van der Waals surface area contributed by atoms with Crippen molar-refractivity contribution in [2.45, 2.75) is 51.8 Å². The molecule has 0 aromatic heterocycles. The van der Waals surface area contributed by atoms with Gasteiger partial charge in [0.1, 0.15) is 5.60 Å². The van der Waals surface area contributed by atoms with Crippen molar-refractivity contribution in [1.29, 1.82) is 0 Å². The number of carbonyl (C=O) groups excluding carboxylic acids is 1. The van der Waals surface area contributed by atoms with Crippen LogP contribution in [0.4, 0.5) is 0 Å². The van der Waals surface area contributed by atoms with Gasteiger partial charge in [0.25, 0.3) is 5.91 Å². The molecule has 94 valence electrons. The van der Waals surface area contributed by atoms with E-state index < -0.39 is 5.60 Å². The lowest BCUT2D eigenvalue weighted by molar-refractivity contribution is -0.159. The number of nitrogens with one attached hydrogen (secondary N) is 1. The number of hydrogen-bond donors (Lipinski definition) is 1. The van der Waals surface area contributed by atoms with Gasteiger partial charge >= 0.3 is 0 Å². The topological polar surface area (TPSA) is 41.6 Å². The lowest BCUT2D eigenvalue weighted by Crippen LogP contribution is -2.62. The highest BCUT2D eigenvalue weighted by Crippen LogP contribution is 2.22. The van der Waals surface area contributed by atoms with Crippen LogP contribution >= 0.6 is 0 Å². The van der Waals surface area contributed by atoms with Crippen molar-refractivity contribution in [2.75, 3.05) is 20.2 Å². The number of amides is 1. The molecule has 4 nitrogen and oxygen atoms in total. The Morgan fingerprint density at radius 1 is 1.44 bits per heavy atom. The van der Waals surface area contributed by atoms with Gasteiger partial charge in [-0.25, -0.2) is 0 Å². The summed E-state index contributed by atoms with van der Waals surface area (Å²) in [6.07, 6.45) is 0.700. The van der Waals surface area contributed by atoms with Gasteiger partial charge in [-0.2, -0.15) is 0 Å². The molecule has 0 bridgehead atoms. The van der Waals surface area contributed by atoms with Crippen molar-refractivity contribution in [3.63, 3.8) is 0 Å². The van der Waals surface area contributed by atoms with Crippen LogP contribution in [-0.4, -0.2) is 48.7 Å². The molecule has 0 radical (unpaired) electrons. The molecular formula is C12H24N2O2. The summed E-state index contributed by atoms with van der Waals surface area (Å²) in [6.45, 7) is 9.73. The number of methoxy groups -OCH3 is 1. The molecule has 4 heteroatoms. The molecule has 3 unspecified atom stereocenters. The van der Waals surface area contributed by atoms with Crippen LogP contribution in [0.2, 0.25) is 0 Å². The highest BCUT2D eigenvalue weighted by Gasteiger charge is 2.40. The molecule has 1 aliphatic heterocycles. The average Bonchev–Trinajstić information content (AvgIpc) is 2.27. The SMILES string of the molecule is CCC(C)(OC)C(=O)N1C(C)CNCC1C. The van der Waals surface area contributed by atoms with Gasteiger partial charge in [0.2, 0.25) is 0 Å². The maximum atomic E-state index is 12.5. The van der Waals surface area contributed by atoms with E-state index in [1.54, 1.807) is 7.11 Å². The van der Waals surface area contributed by atoms with Gasteiger partial charge in [0.05, 0.1) is 0 Å². The zero-order valence-electron chi connectivity index (χ0n) is 11.0. The van der Waals surface area contributed by atoms with E-state index in [0.717, 1.165) is 13.1 Å². The van der Waals surface area contributed by atoms with E-state index >= 15 is 0 Å². The molecule has 3 atom stereocenters. The number of piperazine rings is 1. The summed E-state index contributed by atoms with van der Waals surface area (Å²) < 4.78 is 5.39. The lowest BCUT2D eigenvalue weighted by atomic mass is 9.98. The third-order valence-corrected chi connectivity index (χ3v) is 3.64. The van der Waals surface area contributed by atoms with Crippen molar-refractivity contribution in [3.8, 4) is 0 Å². The van der Waals surface area contributed by atoms with Crippen LogP contribution < -0.4 is 5.32 Å². The van der Waals surface area contributed by atoms with Crippen LogP contribution in [-0.2, 0) is 9.53 Å². The number of nitrogens with zero attached hydrogens (tertiary/aromatic N) is 1. The maximum Gasteiger partial charge on any atom is 0.255 e. The van der Waals surface area contributed by atoms with E-state index in [1.165, 1.54) is 0 Å². The molecule has 1 rings (SSSR count). The molecule has 0 saturated carbocycles. The molecule has 0 aromatic carbocycles. The summed E-state index contributed by atoms with van der Waals surface area (Å²) in [4.78, 5) is 14.4. The minimum Gasteiger partial charge on any atom is -0.369 e. The molecule has 0 aromatic rings. The van der Waals surface area contributed by atoms with E-state index in [-0.39, 0.29) is 18.0 Å². The Morgan fingerprint density at radius 3 is 2.31 bits per heavy atom. The van der Waals surface area contributed by atoms with Crippen LogP contribution in [0.1, 0.15) is 34.1 Å². The third kappa shape index (κ3) is 2.38. The number of carbonyl (C=O) groups is 1. The summed E-state index contributed by atoms with van der Waals surface area (Å²) in [5, 5.41) is 3.32. The van der Waals surface area contributed by atoms with Crippen molar-refractivity contribution in [1.82, 2.24) is 10.2 Å². The Labute approximate surface area is 98.3 Å². The zero-order valence-corrected chi connectivity index (χ0v) is 11.0. The van der Waals surface area contributed by atoms with E-state index in [0.29, 0.717) is 6.42 Å². The molecule has 0 aliphatic carbocycles. The van der Waals surface area contributed by atoms with E-state index in [4.69, 9.17) is 4.74 Å². The Hall–Kier alpha value is -0.610. The second-order valence-electron chi connectivity index (χ2n) is 4.86. The van der Waals surface area contributed by atoms with Gasteiger partial charge in [-0.3, -0.25) is 4.79 Å². The summed E-state index contributed by atoms with van der Waals surface area (Å²) in [5.41, 5.74) is -0.681. The van der Waals surface area contributed by atoms with E-state index in [9.17, 15) is 4.79 Å². The van der Waals surface area contributed by atoms with Gasteiger partial charge in [-0.15, -0.1) is 0 Å². The monoisotopic (exact) mass is 228 g/mol. The molecule has 1 fully saturated rings. The standard InChI is InChI=1S/C12H24N2O2/c1-6-12(4,16-5)11(15)14-9(2)7-13-8-10(14)3/h9-10,13H,6-8H2,1-5H3. The normalized spacial score (nSPS) is 29.9. The van der Waals surface area contributed by atoms with E-state index in [2.05, 4.69) is 19.2 Å². The first-order valence-electron chi connectivity index (χ1n) is 6.05. The first kappa shape index (κ1) is 13.5. The minimum atomic E-state index is -0.681. The van der Waals surface area contributed by atoms with Crippen LogP contribution in [0, 0.1) is 0 Å². The van der Waals surface area contributed by atoms with Crippen LogP contribution in [0.15, 0.2) is 0 Å². The summed E-state index contributed by atoms with van der Waals surface area (Å²) in [6, 6.07) is 0.467. The van der Waals surface area contributed by atoms with Gasteiger partial charge < -0.3 is 15.0 Å². The third-order valence-electron chi connectivity index (χ3n) is 3.64. The second-order valence-corrected chi connectivity index (χ2v) is 4.86. The fourth-order valence-electron chi connectivity index (χ4n) is 2.19. The fraction of sp³-hybridized carbons (Fsp3) is 0.917. The molecule has 1 saturated heterocycles.